The second-order valence-corrected chi connectivity index (χ2v) is 6.33. The number of carbonyl (C=O) groups is 3. The molecule has 2 atom stereocenters. The van der Waals surface area contributed by atoms with Crippen LogP contribution in [0.3, 0.4) is 0 Å². The number of nitrogens with zero attached hydrogens (tertiary/aromatic N) is 2. The Hall–Kier alpha value is -2.64. The van der Waals surface area contributed by atoms with Gasteiger partial charge < -0.3 is 20.3 Å². The number of anilines is 1. The fraction of sp³-hybridized carbons (Fsp3) is 0.529. The van der Waals surface area contributed by atoms with Gasteiger partial charge in [-0.05, 0) is 32.4 Å². The summed E-state index contributed by atoms with van der Waals surface area (Å²) in [5.74, 6) is -0.230. The molecule has 1 saturated heterocycles. The van der Waals surface area contributed by atoms with Gasteiger partial charge in [-0.25, -0.2) is 9.78 Å². The van der Waals surface area contributed by atoms with Gasteiger partial charge in [0.1, 0.15) is 17.5 Å². The second-order valence-electron chi connectivity index (χ2n) is 6.33. The third-order valence-electron chi connectivity index (χ3n) is 4.72. The number of pyridine rings is 1. The lowest BCUT2D eigenvalue weighted by atomic mass is 9.97. The van der Waals surface area contributed by atoms with Gasteiger partial charge in [0.05, 0.1) is 12.2 Å². The number of rotatable bonds is 3. The van der Waals surface area contributed by atoms with Gasteiger partial charge in [0.2, 0.25) is 5.91 Å². The van der Waals surface area contributed by atoms with E-state index in [2.05, 4.69) is 15.6 Å². The first-order valence-electron chi connectivity index (χ1n) is 8.47. The van der Waals surface area contributed by atoms with Crippen molar-refractivity contribution in [1.82, 2.24) is 15.2 Å². The topological polar surface area (TPSA) is 101 Å². The van der Waals surface area contributed by atoms with Crippen LogP contribution in [-0.4, -0.2) is 52.5 Å². The molecule has 0 aromatic carbocycles. The summed E-state index contributed by atoms with van der Waals surface area (Å²) in [5, 5.41) is 6.26. The van der Waals surface area contributed by atoms with Gasteiger partial charge in [-0.2, -0.15) is 0 Å². The highest BCUT2D eigenvalue weighted by Crippen LogP contribution is 2.30. The van der Waals surface area contributed by atoms with E-state index < -0.39 is 17.7 Å². The molecule has 8 nitrogen and oxygen atoms in total. The predicted octanol–water partition coefficient (Wildman–Crippen LogP) is 0.897. The lowest BCUT2D eigenvalue weighted by molar-refractivity contribution is -0.153. The van der Waals surface area contributed by atoms with E-state index >= 15 is 0 Å². The summed E-state index contributed by atoms with van der Waals surface area (Å²) < 4.78 is 5.02. The van der Waals surface area contributed by atoms with Crippen LogP contribution in [0.25, 0.3) is 0 Å². The Kier molecular flexibility index (Phi) is 4.61. The zero-order chi connectivity index (χ0) is 18.0. The van der Waals surface area contributed by atoms with Gasteiger partial charge in [-0.1, -0.05) is 0 Å². The van der Waals surface area contributed by atoms with Gasteiger partial charge in [0, 0.05) is 25.6 Å². The van der Waals surface area contributed by atoms with E-state index in [9.17, 15) is 14.4 Å². The van der Waals surface area contributed by atoms with E-state index in [4.69, 9.17) is 4.74 Å². The maximum atomic E-state index is 12.5. The summed E-state index contributed by atoms with van der Waals surface area (Å²) in [5.41, 5.74) is -0.252. The molecule has 1 aromatic heterocycles. The number of hydrogen-bond acceptors (Lipinski definition) is 6. The molecular formula is C17H22N4O4. The Morgan fingerprint density at radius 2 is 2.20 bits per heavy atom. The molecular weight excluding hydrogens is 324 g/mol. The van der Waals surface area contributed by atoms with Crippen LogP contribution in [0.2, 0.25) is 0 Å². The third-order valence-corrected chi connectivity index (χ3v) is 4.72. The van der Waals surface area contributed by atoms with Crippen LogP contribution in [0.4, 0.5) is 5.82 Å². The van der Waals surface area contributed by atoms with Crippen LogP contribution >= 0.6 is 0 Å². The maximum absolute atomic E-state index is 12.5. The quantitative estimate of drug-likeness (QED) is 0.789. The van der Waals surface area contributed by atoms with E-state index in [1.807, 2.05) is 0 Å². The minimum Gasteiger partial charge on any atom is -0.464 e. The highest BCUT2D eigenvalue weighted by atomic mass is 16.5. The van der Waals surface area contributed by atoms with Crippen molar-refractivity contribution in [2.75, 3.05) is 18.5 Å². The van der Waals surface area contributed by atoms with Crippen molar-refractivity contribution in [2.45, 2.75) is 44.8 Å². The van der Waals surface area contributed by atoms with Gasteiger partial charge in [0.15, 0.2) is 0 Å². The number of aromatic nitrogens is 1. The van der Waals surface area contributed by atoms with Crippen LogP contribution in [-0.2, 0) is 14.3 Å². The Balaban J connectivity index is 1.78. The van der Waals surface area contributed by atoms with Crippen molar-refractivity contribution in [1.29, 1.82) is 0 Å². The van der Waals surface area contributed by atoms with Crippen molar-refractivity contribution < 1.29 is 19.1 Å². The molecule has 0 bridgehead atoms. The van der Waals surface area contributed by atoms with Crippen LogP contribution in [0.1, 0.15) is 43.5 Å². The molecule has 25 heavy (non-hydrogen) atoms. The molecule has 0 radical (unpaired) electrons. The Morgan fingerprint density at radius 3 is 2.96 bits per heavy atom. The Bertz CT molecular complexity index is 708. The zero-order valence-corrected chi connectivity index (χ0v) is 14.4. The minimum absolute atomic E-state index is 0.125. The molecule has 0 unspecified atom stereocenters. The smallest absolute Gasteiger partial charge is 0.328 e. The molecule has 1 fully saturated rings. The van der Waals surface area contributed by atoms with E-state index in [-0.39, 0.29) is 24.8 Å². The lowest BCUT2D eigenvalue weighted by Gasteiger charge is -2.39. The number of hydrogen-bond donors (Lipinski definition) is 2. The van der Waals surface area contributed by atoms with Crippen LogP contribution < -0.4 is 10.6 Å². The molecule has 3 heterocycles. The molecule has 0 saturated carbocycles. The van der Waals surface area contributed by atoms with Crippen LogP contribution in [0.5, 0.6) is 0 Å². The molecule has 2 N–H and O–H groups in total. The molecule has 2 amide bonds. The largest absolute Gasteiger partial charge is 0.464 e. The highest BCUT2D eigenvalue weighted by Gasteiger charge is 2.42. The standard InChI is InChI=1S/C17H22N4O4/c1-3-25-16(24)11(2)21-10-8-17(7-6-13(21)22)19-14-12(15(23)20-17)5-4-9-18-14/h4-5,9,11H,3,6-8,10H2,1-2H3,(H,18,19)(H,20,23)/t11-,17+/m0/s1. The summed E-state index contributed by atoms with van der Waals surface area (Å²) >= 11 is 0. The number of amides is 2. The predicted molar refractivity (Wildman–Crippen MR) is 89.7 cm³/mol. The summed E-state index contributed by atoms with van der Waals surface area (Å²) in [6.45, 7) is 4.01. The van der Waals surface area contributed by atoms with Crippen LogP contribution in [0, 0.1) is 0 Å². The van der Waals surface area contributed by atoms with E-state index in [0.29, 0.717) is 30.8 Å². The Morgan fingerprint density at radius 1 is 1.40 bits per heavy atom. The SMILES string of the molecule is CCOC(=O)[C@H](C)N1CC[C@@]2(CCC1=O)NC(=O)c1cccnc1N2. The first kappa shape index (κ1) is 17.2. The van der Waals surface area contributed by atoms with Crippen LogP contribution in [0.15, 0.2) is 18.3 Å². The van der Waals surface area contributed by atoms with E-state index in [1.165, 1.54) is 4.90 Å². The molecule has 8 heteroatoms. The van der Waals surface area contributed by atoms with Gasteiger partial charge in [-0.15, -0.1) is 0 Å². The number of ether oxygens (including phenoxy) is 1. The van der Waals surface area contributed by atoms with E-state index in [1.54, 1.807) is 32.2 Å². The minimum atomic E-state index is -0.739. The average molecular weight is 346 g/mol. The number of likely N-dealkylation sites (tertiary alicyclic amines) is 1. The molecule has 0 aliphatic carbocycles. The second kappa shape index (κ2) is 6.70. The highest BCUT2D eigenvalue weighted by molar-refractivity contribution is 6.01. The summed E-state index contributed by atoms with van der Waals surface area (Å²) in [6.07, 6.45) is 2.75. The molecule has 1 spiro atoms. The number of nitrogens with one attached hydrogen (secondary N) is 2. The summed E-state index contributed by atoms with van der Waals surface area (Å²) in [6, 6.07) is 2.76. The normalized spacial score (nSPS) is 24.0. The number of fused-ring (bicyclic) bond motifs is 1. The number of esters is 1. The van der Waals surface area contributed by atoms with Gasteiger partial charge in [-0.3, -0.25) is 9.59 Å². The van der Waals surface area contributed by atoms with Crippen molar-refractivity contribution in [3.8, 4) is 0 Å². The van der Waals surface area contributed by atoms with Crippen molar-refractivity contribution in [2.24, 2.45) is 0 Å². The van der Waals surface area contributed by atoms with Crippen molar-refractivity contribution in [3.63, 3.8) is 0 Å². The first-order valence-corrected chi connectivity index (χ1v) is 8.47. The molecule has 1 aromatic rings. The zero-order valence-electron chi connectivity index (χ0n) is 14.4. The average Bonchev–Trinajstić information content (AvgIpc) is 2.74. The summed E-state index contributed by atoms with van der Waals surface area (Å²) in [7, 11) is 0. The van der Waals surface area contributed by atoms with Crippen molar-refractivity contribution >= 4 is 23.6 Å². The van der Waals surface area contributed by atoms with Gasteiger partial charge >= 0.3 is 5.97 Å². The lowest BCUT2D eigenvalue weighted by Crippen LogP contribution is -2.58. The molecule has 3 rings (SSSR count). The van der Waals surface area contributed by atoms with Crippen molar-refractivity contribution in [3.05, 3.63) is 23.9 Å². The molecule has 2 aliphatic rings. The fourth-order valence-electron chi connectivity index (χ4n) is 3.31. The Labute approximate surface area is 145 Å². The third kappa shape index (κ3) is 3.29. The summed E-state index contributed by atoms with van der Waals surface area (Å²) in [4.78, 5) is 42.6. The fourth-order valence-corrected chi connectivity index (χ4v) is 3.31. The molecule has 134 valence electrons. The number of carbonyl (C=O) groups excluding carboxylic acids is 3. The molecule has 2 aliphatic heterocycles. The maximum Gasteiger partial charge on any atom is 0.328 e. The first-order chi connectivity index (χ1) is 12.0. The van der Waals surface area contributed by atoms with Gasteiger partial charge in [0.25, 0.3) is 5.91 Å². The van der Waals surface area contributed by atoms with E-state index in [0.717, 1.165) is 0 Å². The monoisotopic (exact) mass is 346 g/mol.